The molecule has 0 aliphatic carbocycles. The summed E-state index contributed by atoms with van der Waals surface area (Å²) in [6.45, 7) is 12.5. The van der Waals surface area contributed by atoms with Crippen molar-refractivity contribution in [3.05, 3.63) is 82.7 Å². The fourth-order valence-corrected chi connectivity index (χ4v) is 5.69. The summed E-state index contributed by atoms with van der Waals surface area (Å²) in [5, 5.41) is 4.74. The van der Waals surface area contributed by atoms with Crippen molar-refractivity contribution >= 4 is 12.0 Å². The van der Waals surface area contributed by atoms with E-state index in [4.69, 9.17) is 9.84 Å². The Kier molecular flexibility index (Phi) is 7.52. The predicted molar refractivity (Wildman–Crippen MR) is 153 cm³/mol. The molecule has 0 saturated carbocycles. The van der Waals surface area contributed by atoms with E-state index in [-0.39, 0.29) is 17.9 Å². The number of ether oxygens (including phenoxy) is 1. The fraction of sp³-hybridized carbons (Fsp3) is 0.469. The lowest BCUT2D eigenvalue weighted by atomic mass is 9.90. The molecule has 3 aromatic rings. The van der Waals surface area contributed by atoms with E-state index in [1.165, 1.54) is 16.7 Å². The molecule has 39 heavy (non-hydrogen) atoms. The molecule has 1 aromatic heterocycles. The standard InChI is InChI=1S/C32H40N4O3/c1-22-6-10-24(11-7-22)26-16-19-35(21-26)30(37)28-20-33-36(27-12-8-23(2)9-13-27)29(28)25-14-17-34(18-15-25)31(38)39-32(3,4)5/h6-13,20,25-26H,14-19,21H2,1-5H3. The van der Waals surface area contributed by atoms with Crippen molar-refractivity contribution in [1.29, 1.82) is 0 Å². The van der Waals surface area contributed by atoms with Crippen molar-refractivity contribution in [2.45, 2.75) is 71.3 Å². The summed E-state index contributed by atoms with van der Waals surface area (Å²) in [5.74, 6) is 0.511. The van der Waals surface area contributed by atoms with Crippen LogP contribution in [-0.4, -0.2) is 63.4 Å². The summed E-state index contributed by atoms with van der Waals surface area (Å²) < 4.78 is 7.54. The molecule has 2 aliphatic rings. The van der Waals surface area contributed by atoms with Crippen molar-refractivity contribution in [2.24, 2.45) is 0 Å². The zero-order chi connectivity index (χ0) is 27.7. The topological polar surface area (TPSA) is 67.7 Å². The summed E-state index contributed by atoms with van der Waals surface area (Å²) in [5.41, 5.74) is 5.76. The number of likely N-dealkylation sites (tertiary alicyclic amines) is 2. The van der Waals surface area contributed by atoms with Crippen molar-refractivity contribution in [3.8, 4) is 5.69 Å². The Morgan fingerprint density at radius 3 is 2.00 bits per heavy atom. The van der Waals surface area contributed by atoms with Gasteiger partial charge >= 0.3 is 6.09 Å². The van der Waals surface area contributed by atoms with Crippen LogP contribution >= 0.6 is 0 Å². The largest absolute Gasteiger partial charge is 0.444 e. The molecule has 2 aromatic carbocycles. The van der Waals surface area contributed by atoms with Gasteiger partial charge in [0.2, 0.25) is 0 Å². The number of rotatable bonds is 4. The van der Waals surface area contributed by atoms with Crippen LogP contribution < -0.4 is 0 Å². The number of amides is 2. The summed E-state index contributed by atoms with van der Waals surface area (Å²) in [4.78, 5) is 30.4. The first-order valence-corrected chi connectivity index (χ1v) is 14.1. The number of piperidine rings is 1. The van der Waals surface area contributed by atoms with Crippen LogP contribution in [-0.2, 0) is 4.74 Å². The van der Waals surface area contributed by atoms with Gasteiger partial charge in [-0.15, -0.1) is 0 Å². The Hall–Kier alpha value is -3.61. The number of carbonyl (C=O) groups is 2. The molecule has 5 rings (SSSR count). The summed E-state index contributed by atoms with van der Waals surface area (Å²) >= 11 is 0. The van der Waals surface area contributed by atoms with Gasteiger partial charge in [0.25, 0.3) is 5.91 Å². The lowest BCUT2D eigenvalue weighted by Gasteiger charge is -2.34. The minimum atomic E-state index is -0.524. The monoisotopic (exact) mass is 528 g/mol. The molecule has 2 amide bonds. The van der Waals surface area contributed by atoms with Gasteiger partial charge in [-0.2, -0.15) is 5.10 Å². The van der Waals surface area contributed by atoms with E-state index in [2.05, 4.69) is 62.4 Å². The molecule has 2 saturated heterocycles. The Labute approximate surface area is 231 Å². The van der Waals surface area contributed by atoms with Crippen LogP contribution in [0.25, 0.3) is 5.69 Å². The highest BCUT2D eigenvalue weighted by molar-refractivity contribution is 5.95. The first-order valence-electron chi connectivity index (χ1n) is 14.1. The molecule has 0 spiro atoms. The molecule has 7 heteroatoms. The maximum Gasteiger partial charge on any atom is 0.410 e. The minimum absolute atomic E-state index is 0.0487. The molecule has 7 nitrogen and oxygen atoms in total. The van der Waals surface area contributed by atoms with Crippen LogP contribution in [0, 0.1) is 13.8 Å². The van der Waals surface area contributed by atoms with Crippen LogP contribution in [0.2, 0.25) is 0 Å². The maximum atomic E-state index is 14.0. The highest BCUT2D eigenvalue weighted by Gasteiger charge is 2.35. The number of nitrogens with zero attached hydrogens (tertiary/aromatic N) is 4. The predicted octanol–water partition coefficient (Wildman–Crippen LogP) is 6.23. The third-order valence-corrected chi connectivity index (χ3v) is 7.87. The Bertz CT molecular complexity index is 1310. The third-order valence-electron chi connectivity index (χ3n) is 7.87. The number of hydrogen-bond acceptors (Lipinski definition) is 4. The van der Waals surface area contributed by atoms with Gasteiger partial charge < -0.3 is 14.5 Å². The quantitative estimate of drug-likeness (QED) is 0.402. The number of aromatic nitrogens is 2. The van der Waals surface area contributed by atoms with Crippen molar-refractivity contribution < 1.29 is 14.3 Å². The third kappa shape index (κ3) is 6.02. The van der Waals surface area contributed by atoms with Crippen molar-refractivity contribution in [3.63, 3.8) is 0 Å². The molecule has 206 valence electrons. The molecule has 1 atom stereocenters. The van der Waals surface area contributed by atoms with Gasteiger partial charge in [0, 0.05) is 38.0 Å². The zero-order valence-electron chi connectivity index (χ0n) is 23.8. The lowest BCUT2D eigenvalue weighted by Crippen LogP contribution is -2.41. The molecule has 2 fully saturated rings. The molecule has 0 N–H and O–H groups in total. The summed E-state index contributed by atoms with van der Waals surface area (Å²) in [6, 6.07) is 16.9. The first-order chi connectivity index (χ1) is 18.6. The molecule has 0 radical (unpaired) electrons. The van der Waals surface area contributed by atoms with Gasteiger partial charge in [-0.05, 0) is 71.6 Å². The molecular weight excluding hydrogens is 488 g/mol. The molecule has 2 aliphatic heterocycles. The average Bonchev–Trinajstić information content (AvgIpc) is 3.57. The van der Waals surface area contributed by atoms with Crippen LogP contribution in [0.15, 0.2) is 54.7 Å². The van der Waals surface area contributed by atoms with Gasteiger partial charge in [0.05, 0.1) is 23.1 Å². The van der Waals surface area contributed by atoms with Crippen molar-refractivity contribution in [1.82, 2.24) is 19.6 Å². The molecule has 0 bridgehead atoms. The Morgan fingerprint density at radius 1 is 0.821 bits per heavy atom. The van der Waals surface area contributed by atoms with E-state index in [0.717, 1.165) is 37.2 Å². The number of benzene rings is 2. The lowest BCUT2D eigenvalue weighted by molar-refractivity contribution is 0.0203. The van der Waals surface area contributed by atoms with Crippen molar-refractivity contribution in [2.75, 3.05) is 26.2 Å². The van der Waals surface area contributed by atoms with E-state index in [0.29, 0.717) is 31.1 Å². The normalized spacial score (nSPS) is 18.4. The second-order valence-corrected chi connectivity index (χ2v) is 12.1. The minimum Gasteiger partial charge on any atom is -0.444 e. The van der Waals surface area contributed by atoms with E-state index in [1.54, 1.807) is 11.1 Å². The summed E-state index contributed by atoms with van der Waals surface area (Å²) in [6.07, 6.45) is 3.94. The first kappa shape index (κ1) is 27.0. The van der Waals surface area contributed by atoms with Gasteiger partial charge in [-0.3, -0.25) is 4.79 Å². The van der Waals surface area contributed by atoms with Gasteiger partial charge in [-0.1, -0.05) is 47.5 Å². The zero-order valence-corrected chi connectivity index (χ0v) is 23.8. The highest BCUT2D eigenvalue weighted by atomic mass is 16.6. The SMILES string of the molecule is Cc1ccc(C2CCN(C(=O)c3cnn(-c4ccc(C)cc4)c3C3CCN(C(=O)OC(C)(C)C)CC3)C2)cc1. The van der Waals surface area contributed by atoms with Crippen LogP contribution in [0.3, 0.4) is 0 Å². The fourth-order valence-electron chi connectivity index (χ4n) is 5.69. The van der Waals surface area contributed by atoms with Crippen LogP contribution in [0.1, 0.15) is 84.6 Å². The van der Waals surface area contributed by atoms with Crippen LogP contribution in [0.4, 0.5) is 4.79 Å². The van der Waals surface area contributed by atoms with E-state index in [1.807, 2.05) is 30.4 Å². The maximum absolute atomic E-state index is 14.0. The van der Waals surface area contributed by atoms with Gasteiger partial charge in [-0.25, -0.2) is 9.48 Å². The number of aryl methyl sites for hydroxylation is 2. The van der Waals surface area contributed by atoms with E-state index < -0.39 is 5.60 Å². The van der Waals surface area contributed by atoms with E-state index >= 15 is 0 Å². The van der Waals surface area contributed by atoms with E-state index in [9.17, 15) is 9.59 Å². The van der Waals surface area contributed by atoms with Gasteiger partial charge in [0.15, 0.2) is 0 Å². The second-order valence-electron chi connectivity index (χ2n) is 12.1. The highest BCUT2D eigenvalue weighted by Crippen LogP contribution is 2.35. The Balaban J connectivity index is 1.39. The molecule has 3 heterocycles. The average molecular weight is 529 g/mol. The van der Waals surface area contributed by atoms with Crippen LogP contribution in [0.5, 0.6) is 0 Å². The summed E-state index contributed by atoms with van der Waals surface area (Å²) in [7, 11) is 0. The number of carbonyl (C=O) groups excluding carboxylic acids is 2. The Morgan fingerprint density at radius 2 is 1.38 bits per heavy atom. The number of hydrogen-bond donors (Lipinski definition) is 0. The van der Waals surface area contributed by atoms with Gasteiger partial charge in [0.1, 0.15) is 5.60 Å². The smallest absolute Gasteiger partial charge is 0.410 e. The molecular formula is C32H40N4O3. The molecule has 1 unspecified atom stereocenters. The second kappa shape index (κ2) is 10.9.